The lowest BCUT2D eigenvalue weighted by Crippen LogP contribution is -2.31. The van der Waals surface area contributed by atoms with Gasteiger partial charge < -0.3 is 10.4 Å². The molecule has 2 heteroatoms. The fourth-order valence-electron chi connectivity index (χ4n) is 2.90. The molecule has 0 fully saturated rings. The van der Waals surface area contributed by atoms with E-state index in [2.05, 4.69) is 26.1 Å². The maximum atomic E-state index is 9.92. The van der Waals surface area contributed by atoms with Gasteiger partial charge in [0.05, 0.1) is 6.10 Å². The molecule has 0 spiro atoms. The van der Waals surface area contributed by atoms with Crippen molar-refractivity contribution in [3.05, 3.63) is 0 Å². The number of nitrogens with one attached hydrogen (secondary N) is 1. The van der Waals surface area contributed by atoms with Crippen molar-refractivity contribution in [1.82, 2.24) is 5.32 Å². The molecule has 0 aromatic rings. The van der Waals surface area contributed by atoms with E-state index < -0.39 is 0 Å². The second-order valence-electron chi connectivity index (χ2n) is 6.58. The molecule has 2 atom stereocenters. The van der Waals surface area contributed by atoms with Crippen molar-refractivity contribution in [3.8, 4) is 0 Å². The van der Waals surface area contributed by atoms with E-state index in [9.17, 15) is 5.11 Å². The normalized spacial score (nSPS) is 14.3. The minimum absolute atomic E-state index is 0.0879. The zero-order chi connectivity index (χ0) is 15.8. The topological polar surface area (TPSA) is 32.3 Å². The lowest BCUT2D eigenvalue weighted by Gasteiger charge is -2.20. The summed E-state index contributed by atoms with van der Waals surface area (Å²) in [5.74, 6) is 0. The first-order valence-corrected chi connectivity index (χ1v) is 9.65. The molecule has 0 saturated carbocycles. The Kier molecular flexibility index (Phi) is 16.2. The Balaban J connectivity index is 3.84. The van der Waals surface area contributed by atoms with Gasteiger partial charge in [-0.15, -0.1) is 0 Å². The second-order valence-corrected chi connectivity index (χ2v) is 6.58. The van der Waals surface area contributed by atoms with E-state index in [1.165, 1.54) is 57.8 Å². The third-order valence-electron chi connectivity index (χ3n) is 4.34. The van der Waals surface area contributed by atoms with Crippen LogP contribution in [0.2, 0.25) is 0 Å². The second kappa shape index (κ2) is 16.3. The van der Waals surface area contributed by atoms with Crippen LogP contribution in [0, 0.1) is 0 Å². The molecule has 128 valence electrons. The molecule has 2 nitrogen and oxygen atoms in total. The maximum absolute atomic E-state index is 9.92. The highest BCUT2D eigenvalue weighted by Gasteiger charge is 2.11. The first-order valence-electron chi connectivity index (χ1n) is 9.65. The van der Waals surface area contributed by atoms with Crippen LogP contribution in [0.5, 0.6) is 0 Å². The molecule has 21 heavy (non-hydrogen) atoms. The van der Waals surface area contributed by atoms with Crippen LogP contribution in [0.4, 0.5) is 0 Å². The Morgan fingerprint density at radius 1 is 0.667 bits per heavy atom. The van der Waals surface area contributed by atoms with E-state index in [0.29, 0.717) is 6.04 Å². The van der Waals surface area contributed by atoms with Gasteiger partial charge in [-0.3, -0.25) is 0 Å². The van der Waals surface area contributed by atoms with Crippen LogP contribution in [0.1, 0.15) is 104 Å². The van der Waals surface area contributed by atoms with Gasteiger partial charge in [0.1, 0.15) is 0 Å². The van der Waals surface area contributed by atoms with Crippen molar-refractivity contribution in [3.63, 3.8) is 0 Å². The summed E-state index contributed by atoms with van der Waals surface area (Å²) in [7, 11) is 0. The smallest absolute Gasteiger partial charge is 0.0540 e. The molecular weight excluding hydrogens is 258 g/mol. The fraction of sp³-hybridized carbons (Fsp3) is 1.00. The molecule has 0 aliphatic rings. The predicted octanol–water partition coefficient (Wildman–Crippen LogP) is 5.44. The van der Waals surface area contributed by atoms with Gasteiger partial charge >= 0.3 is 0 Å². The minimum atomic E-state index is -0.0879. The Labute approximate surface area is 134 Å². The monoisotopic (exact) mass is 299 g/mol. The van der Waals surface area contributed by atoms with Gasteiger partial charge in [-0.2, -0.15) is 0 Å². The van der Waals surface area contributed by atoms with Gasteiger partial charge in [0.2, 0.25) is 0 Å². The molecule has 0 heterocycles. The molecular formula is C19H41NO. The molecule has 0 aliphatic carbocycles. The number of rotatable bonds is 16. The number of aliphatic hydroxyl groups excluding tert-OH is 1. The maximum Gasteiger partial charge on any atom is 0.0540 e. The number of hydrogen-bond donors (Lipinski definition) is 2. The van der Waals surface area contributed by atoms with Gasteiger partial charge in [-0.1, -0.05) is 72.1 Å². The van der Waals surface area contributed by atoms with E-state index in [1.807, 2.05) is 0 Å². The van der Waals surface area contributed by atoms with Crippen molar-refractivity contribution < 1.29 is 5.11 Å². The third-order valence-corrected chi connectivity index (χ3v) is 4.34. The lowest BCUT2D eigenvalue weighted by atomic mass is 9.99. The first kappa shape index (κ1) is 20.9. The summed E-state index contributed by atoms with van der Waals surface area (Å²) in [6.07, 6.45) is 16.1. The summed E-state index contributed by atoms with van der Waals surface area (Å²) < 4.78 is 0. The summed E-state index contributed by atoms with van der Waals surface area (Å²) in [6.45, 7) is 7.83. The summed E-state index contributed by atoms with van der Waals surface area (Å²) >= 11 is 0. The van der Waals surface area contributed by atoms with Crippen molar-refractivity contribution in [1.29, 1.82) is 0 Å². The van der Waals surface area contributed by atoms with Gasteiger partial charge in [0, 0.05) is 6.04 Å². The highest BCUT2D eigenvalue weighted by atomic mass is 16.3. The predicted molar refractivity (Wildman–Crippen MR) is 94.8 cm³/mol. The number of unbranched alkanes of at least 4 members (excludes halogenated alkanes) is 6. The van der Waals surface area contributed by atoms with E-state index in [4.69, 9.17) is 0 Å². The largest absolute Gasteiger partial charge is 0.393 e. The Morgan fingerprint density at radius 2 is 1.33 bits per heavy atom. The number of hydrogen-bond acceptors (Lipinski definition) is 2. The molecule has 0 aliphatic heterocycles. The van der Waals surface area contributed by atoms with Crippen molar-refractivity contribution >= 4 is 0 Å². The van der Waals surface area contributed by atoms with Crippen molar-refractivity contribution in [2.45, 2.75) is 116 Å². The van der Waals surface area contributed by atoms with Gasteiger partial charge in [-0.05, 0) is 38.6 Å². The fourth-order valence-corrected chi connectivity index (χ4v) is 2.90. The summed E-state index contributed by atoms with van der Waals surface area (Å²) in [4.78, 5) is 0. The average Bonchev–Trinajstić information content (AvgIpc) is 2.48. The molecule has 2 unspecified atom stereocenters. The van der Waals surface area contributed by atoms with E-state index in [1.54, 1.807) is 0 Å². The average molecular weight is 300 g/mol. The highest BCUT2D eigenvalue weighted by Crippen LogP contribution is 2.13. The molecule has 0 bridgehead atoms. The van der Waals surface area contributed by atoms with Gasteiger partial charge in [0.15, 0.2) is 0 Å². The Hall–Kier alpha value is -0.0800. The van der Waals surface area contributed by atoms with Gasteiger partial charge in [-0.25, -0.2) is 0 Å². The highest BCUT2D eigenvalue weighted by molar-refractivity contribution is 4.70. The lowest BCUT2D eigenvalue weighted by molar-refractivity contribution is 0.145. The zero-order valence-electron chi connectivity index (χ0n) is 15.0. The molecule has 0 aromatic carbocycles. The molecule has 2 N–H and O–H groups in total. The van der Waals surface area contributed by atoms with Crippen LogP contribution in [0.15, 0.2) is 0 Å². The molecule has 0 aromatic heterocycles. The van der Waals surface area contributed by atoms with Crippen molar-refractivity contribution in [2.75, 3.05) is 6.54 Å². The van der Waals surface area contributed by atoms with Crippen molar-refractivity contribution in [2.24, 2.45) is 0 Å². The summed E-state index contributed by atoms with van der Waals surface area (Å²) in [6, 6.07) is 0.620. The summed E-state index contributed by atoms with van der Waals surface area (Å²) in [5, 5.41) is 13.7. The molecule has 0 rings (SSSR count). The van der Waals surface area contributed by atoms with Crippen LogP contribution in [-0.2, 0) is 0 Å². The standard InChI is InChI=1S/C19H41NO/c1-4-7-9-10-11-14-18(20-17-12-8-5-2)15-16-19(21)13-6-3/h18-21H,4-17H2,1-3H3. The van der Waals surface area contributed by atoms with Crippen LogP contribution >= 0.6 is 0 Å². The summed E-state index contributed by atoms with van der Waals surface area (Å²) in [5.41, 5.74) is 0. The molecule has 0 radical (unpaired) electrons. The SMILES string of the molecule is CCCCCCCC(CCC(O)CCC)NCCCCC. The third kappa shape index (κ3) is 14.6. The minimum Gasteiger partial charge on any atom is -0.393 e. The van der Waals surface area contributed by atoms with E-state index in [-0.39, 0.29) is 6.10 Å². The van der Waals surface area contributed by atoms with Gasteiger partial charge in [0.25, 0.3) is 0 Å². The zero-order valence-corrected chi connectivity index (χ0v) is 15.0. The Bertz CT molecular complexity index is 196. The molecule has 0 amide bonds. The Morgan fingerprint density at radius 3 is 2.00 bits per heavy atom. The van der Waals surface area contributed by atoms with Crippen LogP contribution in [0.3, 0.4) is 0 Å². The molecule has 0 saturated heterocycles. The van der Waals surface area contributed by atoms with E-state index >= 15 is 0 Å². The van der Waals surface area contributed by atoms with Crippen LogP contribution in [0.25, 0.3) is 0 Å². The van der Waals surface area contributed by atoms with E-state index in [0.717, 1.165) is 32.2 Å². The quantitative estimate of drug-likeness (QED) is 0.372. The van der Waals surface area contributed by atoms with Crippen LogP contribution in [-0.4, -0.2) is 23.8 Å². The first-order chi connectivity index (χ1) is 10.2. The van der Waals surface area contributed by atoms with Crippen LogP contribution < -0.4 is 5.32 Å². The number of aliphatic hydroxyl groups is 1.